The second kappa shape index (κ2) is 5.01. The Kier molecular flexibility index (Phi) is 3.44. The van der Waals surface area contributed by atoms with E-state index in [4.69, 9.17) is 4.74 Å². The van der Waals surface area contributed by atoms with Crippen molar-refractivity contribution in [3.05, 3.63) is 35.9 Å². The molecule has 1 aromatic rings. The minimum Gasteiger partial charge on any atom is -0.445 e. The SMILES string of the molecule is CCN(C(=O)OCc1ccccc1)C1CC1. The van der Waals surface area contributed by atoms with Crippen molar-refractivity contribution < 1.29 is 9.53 Å². The van der Waals surface area contributed by atoms with Gasteiger partial charge in [0.1, 0.15) is 6.61 Å². The summed E-state index contributed by atoms with van der Waals surface area (Å²) < 4.78 is 5.27. The highest BCUT2D eigenvalue weighted by molar-refractivity contribution is 5.68. The topological polar surface area (TPSA) is 29.5 Å². The molecule has 2 rings (SSSR count). The number of nitrogens with zero attached hydrogens (tertiary/aromatic N) is 1. The molecule has 1 fully saturated rings. The highest BCUT2D eigenvalue weighted by Gasteiger charge is 2.32. The fourth-order valence-corrected chi connectivity index (χ4v) is 1.72. The predicted molar refractivity (Wildman–Crippen MR) is 62.0 cm³/mol. The molecule has 0 bridgehead atoms. The van der Waals surface area contributed by atoms with Crippen molar-refractivity contribution in [1.29, 1.82) is 0 Å². The number of carbonyl (C=O) groups excluding carboxylic acids is 1. The molecule has 3 nitrogen and oxygen atoms in total. The van der Waals surface area contributed by atoms with Crippen LogP contribution in [0.25, 0.3) is 0 Å². The van der Waals surface area contributed by atoms with Crippen molar-refractivity contribution >= 4 is 6.09 Å². The van der Waals surface area contributed by atoms with Crippen LogP contribution in [0.15, 0.2) is 30.3 Å². The van der Waals surface area contributed by atoms with Gasteiger partial charge in [-0.3, -0.25) is 0 Å². The third-order valence-electron chi connectivity index (χ3n) is 2.77. The van der Waals surface area contributed by atoms with Gasteiger partial charge in [-0.05, 0) is 25.3 Å². The lowest BCUT2D eigenvalue weighted by Crippen LogP contribution is -2.33. The highest BCUT2D eigenvalue weighted by Crippen LogP contribution is 2.27. The van der Waals surface area contributed by atoms with Gasteiger partial charge in [-0.1, -0.05) is 30.3 Å². The third kappa shape index (κ3) is 2.75. The van der Waals surface area contributed by atoms with Gasteiger partial charge in [0.2, 0.25) is 0 Å². The van der Waals surface area contributed by atoms with E-state index in [1.807, 2.05) is 42.2 Å². The first-order valence-corrected chi connectivity index (χ1v) is 5.78. The number of rotatable bonds is 4. The van der Waals surface area contributed by atoms with Crippen molar-refractivity contribution in [1.82, 2.24) is 4.90 Å². The number of amides is 1. The van der Waals surface area contributed by atoms with Crippen LogP contribution in [-0.4, -0.2) is 23.6 Å². The van der Waals surface area contributed by atoms with Gasteiger partial charge in [-0.15, -0.1) is 0 Å². The van der Waals surface area contributed by atoms with Crippen LogP contribution in [0.3, 0.4) is 0 Å². The molecule has 16 heavy (non-hydrogen) atoms. The van der Waals surface area contributed by atoms with E-state index in [-0.39, 0.29) is 6.09 Å². The van der Waals surface area contributed by atoms with Gasteiger partial charge in [0.25, 0.3) is 0 Å². The van der Waals surface area contributed by atoms with E-state index in [9.17, 15) is 4.79 Å². The highest BCUT2D eigenvalue weighted by atomic mass is 16.6. The summed E-state index contributed by atoms with van der Waals surface area (Å²) in [5.41, 5.74) is 1.03. The molecule has 1 amide bonds. The summed E-state index contributed by atoms with van der Waals surface area (Å²) in [6, 6.07) is 10.2. The van der Waals surface area contributed by atoms with Crippen LogP contribution in [-0.2, 0) is 11.3 Å². The Hall–Kier alpha value is -1.51. The number of ether oxygens (including phenoxy) is 1. The van der Waals surface area contributed by atoms with Crippen LogP contribution in [0.4, 0.5) is 4.79 Å². The quantitative estimate of drug-likeness (QED) is 0.779. The summed E-state index contributed by atoms with van der Waals surface area (Å²) in [6.45, 7) is 3.09. The molecule has 1 aromatic carbocycles. The fourth-order valence-electron chi connectivity index (χ4n) is 1.72. The minimum absolute atomic E-state index is 0.186. The standard InChI is InChI=1S/C13H17NO2/c1-2-14(12-8-9-12)13(15)16-10-11-6-4-3-5-7-11/h3-7,12H,2,8-10H2,1H3. The Bertz CT molecular complexity index is 346. The number of hydrogen-bond donors (Lipinski definition) is 0. The van der Waals surface area contributed by atoms with Gasteiger partial charge >= 0.3 is 6.09 Å². The Balaban J connectivity index is 1.83. The molecule has 0 heterocycles. The van der Waals surface area contributed by atoms with E-state index in [1.54, 1.807) is 0 Å². The minimum atomic E-state index is -0.186. The van der Waals surface area contributed by atoms with Gasteiger partial charge in [-0.2, -0.15) is 0 Å². The first-order chi connectivity index (χ1) is 7.81. The molecule has 1 aliphatic carbocycles. The largest absolute Gasteiger partial charge is 0.445 e. The molecular formula is C13H17NO2. The van der Waals surface area contributed by atoms with Gasteiger partial charge in [-0.25, -0.2) is 4.79 Å². The molecule has 0 atom stereocenters. The first kappa shape index (κ1) is 11.0. The maximum absolute atomic E-state index is 11.7. The summed E-state index contributed by atoms with van der Waals surface area (Å²) in [4.78, 5) is 13.5. The van der Waals surface area contributed by atoms with Crippen LogP contribution in [0.5, 0.6) is 0 Å². The van der Waals surface area contributed by atoms with E-state index in [1.165, 1.54) is 0 Å². The fraction of sp³-hybridized carbons (Fsp3) is 0.462. The van der Waals surface area contributed by atoms with Crippen molar-refractivity contribution in [2.24, 2.45) is 0 Å². The number of hydrogen-bond acceptors (Lipinski definition) is 2. The second-order valence-corrected chi connectivity index (χ2v) is 4.06. The lowest BCUT2D eigenvalue weighted by atomic mass is 10.2. The molecule has 0 unspecified atom stereocenters. The maximum Gasteiger partial charge on any atom is 0.410 e. The van der Waals surface area contributed by atoms with Gasteiger partial charge in [0, 0.05) is 12.6 Å². The van der Waals surface area contributed by atoms with Crippen LogP contribution in [0.2, 0.25) is 0 Å². The molecule has 0 spiro atoms. The maximum atomic E-state index is 11.7. The molecule has 3 heteroatoms. The Labute approximate surface area is 96.0 Å². The molecule has 1 saturated carbocycles. The average Bonchev–Trinajstić information content (AvgIpc) is 3.13. The zero-order chi connectivity index (χ0) is 11.4. The summed E-state index contributed by atoms with van der Waals surface area (Å²) in [6.07, 6.45) is 2.05. The third-order valence-corrected chi connectivity index (χ3v) is 2.77. The van der Waals surface area contributed by atoms with E-state index < -0.39 is 0 Å². The monoisotopic (exact) mass is 219 g/mol. The Morgan fingerprint density at radius 3 is 2.62 bits per heavy atom. The average molecular weight is 219 g/mol. The van der Waals surface area contributed by atoms with Crippen LogP contribution < -0.4 is 0 Å². The smallest absolute Gasteiger partial charge is 0.410 e. The normalized spacial score (nSPS) is 14.6. The van der Waals surface area contributed by atoms with E-state index >= 15 is 0 Å². The molecule has 86 valence electrons. The van der Waals surface area contributed by atoms with Gasteiger partial charge in [0.05, 0.1) is 0 Å². The summed E-state index contributed by atoms with van der Waals surface area (Å²) >= 11 is 0. The van der Waals surface area contributed by atoms with E-state index in [2.05, 4.69) is 0 Å². The summed E-state index contributed by atoms with van der Waals surface area (Å²) in [5, 5.41) is 0. The first-order valence-electron chi connectivity index (χ1n) is 5.78. The van der Waals surface area contributed by atoms with Gasteiger partial charge < -0.3 is 9.64 Å². The summed E-state index contributed by atoms with van der Waals surface area (Å²) in [5.74, 6) is 0. The molecule has 0 saturated heterocycles. The Morgan fingerprint density at radius 2 is 2.06 bits per heavy atom. The molecule has 0 radical (unpaired) electrons. The molecule has 0 N–H and O–H groups in total. The predicted octanol–water partition coefficient (Wildman–Crippen LogP) is 2.81. The van der Waals surface area contributed by atoms with Crippen molar-refractivity contribution in [3.63, 3.8) is 0 Å². The van der Waals surface area contributed by atoms with Crippen LogP contribution >= 0.6 is 0 Å². The van der Waals surface area contributed by atoms with Crippen LogP contribution in [0.1, 0.15) is 25.3 Å². The lowest BCUT2D eigenvalue weighted by molar-refractivity contribution is 0.0955. The molecular weight excluding hydrogens is 202 g/mol. The van der Waals surface area contributed by atoms with Crippen molar-refractivity contribution in [2.75, 3.05) is 6.54 Å². The van der Waals surface area contributed by atoms with E-state index in [0.717, 1.165) is 24.9 Å². The van der Waals surface area contributed by atoms with Gasteiger partial charge in [0.15, 0.2) is 0 Å². The lowest BCUT2D eigenvalue weighted by Gasteiger charge is -2.19. The summed E-state index contributed by atoms with van der Waals surface area (Å²) in [7, 11) is 0. The van der Waals surface area contributed by atoms with Crippen molar-refractivity contribution in [3.8, 4) is 0 Å². The number of carbonyl (C=O) groups is 1. The molecule has 0 aliphatic heterocycles. The zero-order valence-corrected chi connectivity index (χ0v) is 9.56. The molecule has 0 aromatic heterocycles. The molecule has 1 aliphatic rings. The number of benzene rings is 1. The van der Waals surface area contributed by atoms with E-state index in [0.29, 0.717) is 12.6 Å². The zero-order valence-electron chi connectivity index (χ0n) is 9.56. The van der Waals surface area contributed by atoms with Crippen LogP contribution in [0, 0.1) is 0 Å². The van der Waals surface area contributed by atoms with Crippen molar-refractivity contribution in [2.45, 2.75) is 32.4 Å². The Morgan fingerprint density at radius 1 is 1.38 bits per heavy atom. The second-order valence-electron chi connectivity index (χ2n) is 4.06.